The minimum absolute atomic E-state index is 0.546. The first-order valence-electron chi connectivity index (χ1n) is 8.42. The predicted octanol–water partition coefficient (Wildman–Crippen LogP) is 2.13. The Morgan fingerprint density at radius 2 is 1.59 bits per heavy atom. The summed E-state index contributed by atoms with van der Waals surface area (Å²) in [7, 11) is 1.72. The lowest BCUT2D eigenvalue weighted by Crippen LogP contribution is -2.22. The Kier molecular flexibility index (Phi) is 14.2. The highest BCUT2D eigenvalue weighted by molar-refractivity contribution is 6.32. The number of carbonyl (C=O) groups is 2. The van der Waals surface area contributed by atoms with Gasteiger partial charge in [-0.2, -0.15) is 0 Å². The van der Waals surface area contributed by atoms with Crippen molar-refractivity contribution in [1.29, 1.82) is 0 Å². The van der Waals surface area contributed by atoms with Crippen LogP contribution in [0.2, 0.25) is 5.02 Å². The van der Waals surface area contributed by atoms with Crippen LogP contribution in [0.25, 0.3) is 0 Å². The van der Waals surface area contributed by atoms with Gasteiger partial charge in [-0.3, -0.25) is 0 Å². The molecule has 27 heavy (non-hydrogen) atoms. The van der Waals surface area contributed by atoms with Gasteiger partial charge in [-0.05, 0) is 50.1 Å². The van der Waals surface area contributed by atoms with Crippen LogP contribution in [-0.2, 0) is 19.1 Å². The van der Waals surface area contributed by atoms with Crippen molar-refractivity contribution in [2.75, 3.05) is 46.6 Å². The summed E-state index contributed by atoms with van der Waals surface area (Å²) in [6.07, 6.45) is 1.02. The number of aryl methyl sites for hydroxylation is 2. The fourth-order valence-electron chi connectivity index (χ4n) is 1.92. The van der Waals surface area contributed by atoms with Gasteiger partial charge in [0.15, 0.2) is 0 Å². The predicted molar refractivity (Wildman–Crippen MR) is 102 cm³/mol. The maximum atomic E-state index is 9.10. The standard InChI is InChI=1S/C16H26ClNO3.C2H2O4/c1-13-11-15(12-14(2)16(13)17)21-10-9-20-8-6-18-5-4-7-19-3;3-1(4)2(5)6/h11-12,18H,4-10H2,1-3H3;(H,3,4)(H,5,6). The SMILES string of the molecule is COCCCNCCOCCOc1cc(C)c(Cl)c(C)c1.O=C(O)C(=O)O. The Bertz CT molecular complexity index is 546. The molecule has 0 unspecified atom stereocenters. The molecule has 0 saturated carbocycles. The minimum atomic E-state index is -1.82. The Labute approximate surface area is 164 Å². The molecule has 0 fully saturated rings. The quantitative estimate of drug-likeness (QED) is 0.379. The highest BCUT2D eigenvalue weighted by Gasteiger charge is 2.04. The maximum absolute atomic E-state index is 9.10. The van der Waals surface area contributed by atoms with Crippen LogP contribution in [0, 0.1) is 13.8 Å². The summed E-state index contributed by atoms with van der Waals surface area (Å²) in [4.78, 5) is 18.2. The summed E-state index contributed by atoms with van der Waals surface area (Å²) < 4.78 is 16.1. The Morgan fingerprint density at radius 3 is 2.11 bits per heavy atom. The van der Waals surface area contributed by atoms with E-state index in [1.807, 2.05) is 26.0 Å². The van der Waals surface area contributed by atoms with Crippen LogP contribution in [0.5, 0.6) is 5.75 Å². The summed E-state index contributed by atoms with van der Waals surface area (Å²) in [5, 5.41) is 18.9. The topological polar surface area (TPSA) is 114 Å². The molecule has 1 aromatic carbocycles. The number of halogens is 1. The maximum Gasteiger partial charge on any atom is 0.414 e. The van der Waals surface area contributed by atoms with Crippen LogP contribution >= 0.6 is 11.6 Å². The molecule has 0 aliphatic rings. The second kappa shape index (κ2) is 15.2. The third-order valence-corrected chi connectivity index (χ3v) is 3.81. The van der Waals surface area contributed by atoms with Crippen LogP contribution in [0.4, 0.5) is 0 Å². The number of nitrogens with one attached hydrogen (secondary N) is 1. The van der Waals surface area contributed by atoms with E-state index in [1.54, 1.807) is 7.11 Å². The Morgan fingerprint density at radius 1 is 1.00 bits per heavy atom. The van der Waals surface area contributed by atoms with Crippen molar-refractivity contribution in [2.45, 2.75) is 20.3 Å². The molecular formula is C18H28ClNO7. The van der Waals surface area contributed by atoms with Crippen LogP contribution in [0.3, 0.4) is 0 Å². The van der Waals surface area contributed by atoms with Gasteiger partial charge in [0.05, 0.1) is 13.2 Å². The zero-order valence-electron chi connectivity index (χ0n) is 15.9. The lowest BCUT2D eigenvalue weighted by Gasteiger charge is -2.10. The van der Waals surface area contributed by atoms with E-state index in [0.29, 0.717) is 19.8 Å². The molecular weight excluding hydrogens is 378 g/mol. The highest BCUT2D eigenvalue weighted by Crippen LogP contribution is 2.25. The van der Waals surface area contributed by atoms with Gasteiger partial charge < -0.3 is 29.7 Å². The van der Waals surface area contributed by atoms with Crippen molar-refractivity contribution in [3.8, 4) is 5.75 Å². The largest absolute Gasteiger partial charge is 0.491 e. The molecule has 1 aromatic rings. The molecule has 3 N–H and O–H groups in total. The smallest absolute Gasteiger partial charge is 0.414 e. The second-order valence-electron chi connectivity index (χ2n) is 5.54. The number of hydrogen-bond acceptors (Lipinski definition) is 6. The summed E-state index contributed by atoms with van der Waals surface area (Å²) in [5.41, 5.74) is 2.07. The van der Waals surface area contributed by atoms with Gasteiger partial charge in [0, 0.05) is 25.3 Å². The van der Waals surface area contributed by atoms with Crippen LogP contribution in [0.1, 0.15) is 17.5 Å². The molecule has 0 aliphatic heterocycles. The molecule has 0 amide bonds. The average molecular weight is 406 g/mol. The molecule has 9 heteroatoms. The zero-order chi connectivity index (χ0) is 20.7. The molecule has 0 aromatic heterocycles. The first-order chi connectivity index (χ1) is 12.8. The molecule has 154 valence electrons. The van der Waals surface area contributed by atoms with Gasteiger partial charge in [-0.1, -0.05) is 11.6 Å². The fourth-order valence-corrected chi connectivity index (χ4v) is 2.03. The normalized spacial score (nSPS) is 10.1. The fraction of sp³-hybridized carbons (Fsp3) is 0.556. The van der Waals surface area contributed by atoms with Crippen LogP contribution < -0.4 is 10.1 Å². The van der Waals surface area contributed by atoms with E-state index in [4.69, 9.17) is 45.6 Å². The number of hydrogen-bond donors (Lipinski definition) is 3. The van der Waals surface area contributed by atoms with Gasteiger partial charge in [0.2, 0.25) is 0 Å². The lowest BCUT2D eigenvalue weighted by atomic mass is 10.1. The summed E-state index contributed by atoms with van der Waals surface area (Å²) in [5.74, 6) is -2.80. The minimum Gasteiger partial charge on any atom is -0.491 e. The van der Waals surface area contributed by atoms with Crippen molar-refractivity contribution in [2.24, 2.45) is 0 Å². The van der Waals surface area contributed by atoms with Gasteiger partial charge >= 0.3 is 11.9 Å². The van der Waals surface area contributed by atoms with E-state index in [1.165, 1.54) is 0 Å². The number of rotatable bonds is 11. The molecule has 0 aliphatic carbocycles. The number of carboxylic acids is 2. The molecule has 0 saturated heterocycles. The van der Waals surface area contributed by atoms with E-state index < -0.39 is 11.9 Å². The number of aliphatic carboxylic acids is 2. The molecule has 0 heterocycles. The summed E-state index contributed by atoms with van der Waals surface area (Å²) >= 11 is 6.12. The second-order valence-corrected chi connectivity index (χ2v) is 5.92. The molecule has 1 rings (SSSR count). The molecule has 0 spiro atoms. The van der Waals surface area contributed by atoms with E-state index in [-0.39, 0.29) is 0 Å². The lowest BCUT2D eigenvalue weighted by molar-refractivity contribution is -0.159. The monoisotopic (exact) mass is 405 g/mol. The number of ether oxygens (including phenoxy) is 3. The Hall–Kier alpha value is -1.87. The van der Waals surface area contributed by atoms with E-state index in [2.05, 4.69) is 5.32 Å². The van der Waals surface area contributed by atoms with Gasteiger partial charge in [-0.25, -0.2) is 9.59 Å². The summed E-state index contributed by atoms with van der Waals surface area (Å²) in [6, 6.07) is 3.90. The molecule has 0 radical (unpaired) electrons. The highest BCUT2D eigenvalue weighted by atomic mass is 35.5. The average Bonchev–Trinajstić information content (AvgIpc) is 2.61. The molecule has 0 atom stereocenters. The zero-order valence-corrected chi connectivity index (χ0v) is 16.7. The molecule has 0 bridgehead atoms. The van der Waals surface area contributed by atoms with Crippen LogP contribution in [0.15, 0.2) is 12.1 Å². The van der Waals surface area contributed by atoms with Crippen molar-refractivity contribution >= 4 is 23.5 Å². The van der Waals surface area contributed by atoms with E-state index in [9.17, 15) is 0 Å². The van der Waals surface area contributed by atoms with Gasteiger partial charge in [0.25, 0.3) is 0 Å². The van der Waals surface area contributed by atoms with Crippen molar-refractivity contribution in [3.05, 3.63) is 28.3 Å². The number of benzene rings is 1. The van der Waals surface area contributed by atoms with E-state index in [0.717, 1.165) is 48.0 Å². The number of carboxylic acid groups (broad SMARTS) is 2. The van der Waals surface area contributed by atoms with Crippen molar-refractivity contribution in [3.63, 3.8) is 0 Å². The first kappa shape index (κ1) is 25.1. The number of methoxy groups -OCH3 is 1. The van der Waals surface area contributed by atoms with Gasteiger partial charge in [0.1, 0.15) is 12.4 Å². The van der Waals surface area contributed by atoms with Crippen molar-refractivity contribution < 1.29 is 34.0 Å². The van der Waals surface area contributed by atoms with Crippen LogP contribution in [-0.4, -0.2) is 68.8 Å². The molecule has 8 nitrogen and oxygen atoms in total. The summed E-state index contributed by atoms with van der Waals surface area (Å²) in [6.45, 7) is 8.38. The Balaban J connectivity index is 0.000000972. The third-order valence-electron chi connectivity index (χ3n) is 3.21. The van der Waals surface area contributed by atoms with Crippen molar-refractivity contribution in [1.82, 2.24) is 5.32 Å². The van der Waals surface area contributed by atoms with Gasteiger partial charge in [-0.15, -0.1) is 0 Å². The third kappa shape index (κ3) is 13.0. The van der Waals surface area contributed by atoms with E-state index >= 15 is 0 Å². The first-order valence-corrected chi connectivity index (χ1v) is 8.80.